The van der Waals surface area contributed by atoms with Gasteiger partial charge in [-0.25, -0.2) is 14.5 Å². The average molecular weight is 447 g/mol. The van der Waals surface area contributed by atoms with E-state index in [9.17, 15) is 19.2 Å². The number of hydrogen-bond donors (Lipinski definition) is 2. The molecular formula is C22H21N7O4. The van der Waals surface area contributed by atoms with Crippen molar-refractivity contribution in [1.82, 2.24) is 29.2 Å². The van der Waals surface area contributed by atoms with Crippen LogP contribution < -0.4 is 21.9 Å². The van der Waals surface area contributed by atoms with E-state index in [1.165, 1.54) is 10.9 Å². The Labute approximate surface area is 187 Å². The first-order chi connectivity index (χ1) is 16.0. The van der Waals surface area contributed by atoms with Gasteiger partial charge in [0.2, 0.25) is 11.8 Å². The molecule has 0 aliphatic heterocycles. The van der Waals surface area contributed by atoms with Crippen LogP contribution >= 0.6 is 0 Å². The fourth-order valence-corrected chi connectivity index (χ4v) is 3.43. The molecule has 11 heteroatoms. The predicted molar refractivity (Wildman–Crippen MR) is 121 cm³/mol. The summed E-state index contributed by atoms with van der Waals surface area (Å²) in [7, 11) is 0. The molecule has 4 rings (SSSR count). The van der Waals surface area contributed by atoms with Crippen LogP contribution in [0.5, 0.6) is 0 Å². The Kier molecular flexibility index (Phi) is 6.11. The molecule has 2 amide bonds. The lowest BCUT2D eigenvalue weighted by atomic mass is 10.2. The number of nitrogens with zero attached hydrogens (tertiary/aromatic N) is 5. The van der Waals surface area contributed by atoms with Crippen LogP contribution in [0, 0.1) is 0 Å². The van der Waals surface area contributed by atoms with Crippen LogP contribution in [-0.2, 0) is 22.7 Å². The lowest BCUT2D eigenvalue weighted by Crippen LogP contribution is -2.43. The molecule has 0 radical (unpaired) electrons. The van der Waals surface area contributed by atoms with Gasteiger partial charge in [0.1, 0.15) is 19.2 Å². The van der Waals surface area contributed by atoms with E-state index in [0.29, 0.717) is 16.6 Å². The molecule has 2 heterocycles. The van der Waals surface area contributed by atoms with Crippen molar-refractivity contribution in [2.75, 3.05) is 11.9 Å². The van der Waals surface area contributed by atoms with Gasteiger partial charge in [-0.2, -0.15) is 5.10 Å². The molecule has 0 bridgehead atoms. The van der Waals surface area contributed by atoms with Crippen LogP contribution in [0.4, 0.5) is 5.69 Å². The zero-order valence-corrected chi connectivity index (χ0v) is 17.8. The third-order valence-corrected chi connectivity index (χ3v) is 5.03. The average Bonchev–Trinajstić information content (AvgIpc) is 3.36. The molecule has 2 N–H and O–H groups in total. The standard InChI is InChI=1S/C22H21N7O4/c1-2-27-21(32)17-5-3-4-6-18(17)28(22(27)33)12-20(31)24-11-19(30)26-15-7-9-16(10-8-15)29-14-23-13-25-29/h3-10,13-14H,2,11-12H2,1H3,(H,24,31)(H,26,30). The number of fused-ring (bicyclic) bond motifs is 1. The molecule has 0 aliphatic carbocycles. The Hall–Kier alpha value is -4.54. The molecule has 11 nitrogen and oxygen atoms in total. The van der Waals surface area contributed by atoms with Crippen molar-refractivity contribution in [3.63, 3.8) is 0 Å². The highest BCUT2D eigenvalue weighted by atomic mass is 16.2. The second kappa shape index (κ2) is 9.30. The van der Waals surface area contributed by atoms with Gasteiger partial charge in [0.25, 0.3) is 5.56 Å². The Morgan fingerprint density at radius 2 is 1.73 bits per heavy atom. The van der Waals surface area contributed by atoms with Crippen molar-refractivity contribution < 1.29 is 9.59 Å². The normalized spacial score (nSPS) is 10.8. The van der Waals surface area contributed by atoms with Gasteiger partial charge in [-0.1, -0.05) is 12.1 Å². The van der Waals surface area contributed by atoms with Crippen molar-refractivity contribution in [2.45, 2.75) is 20.0 Å². The molecule has 2 aromatic heterocycles. The first-order valence-corrected chi connectivity index (χ1v) is 10.2. The van der Waals surface area contributed by atoms with E-state index in [4.69, 9.17) is 0 Å². The highest BCUT2D eigenvalue weighted by Gasteiger charge is 2.15. The van der Waals surface area contributed by atoms with Gasteiger partial charge in [0, 0.05) is 12.2 Å². The maximum atomic E-state index is 12.7. The number of hydrogen-bond acceptors (Lipinski definition) is 6. The fourth-order valence-electron chi connectivity index (χ4n) is 3.43. The van der Waals surface area contributed by atoms with Crippen molar-refractivity contribution in [2.24, 2.45) is 0 Å². The number of amides is 2. The molecule has 0 saturated heterocycles. The summed E-state index contributed by atoms with van der Waals surface area (Å²) < 4.78 is 3.89. The van der Waals surface area contributed by atoms with Gasteiger partial charge >= 0.3 is 5.69 Å². The number of benzene rings is 2. The number of anilines is 1. The molecule has 2 aromatic carbocycles. The summed E-state index contributed by atoms with van der Waals surface area (Å²) in [5.41, 5.74) is 0.724. The van der Waals surface area contributed by atoms with E-state index < -0.39 is 23.1 Å². The van der Waals surface area contributed by atoms with Crippen LogP contribution in [0.25, 0.3) is 16.6 Å². The summed E-state index contributed by atoms with van der Waals surface area (Å²) in [6.45, 7) is 1.27. The third-order valence-electron chi connectivity index (χ3n) is 5.03. The second-order valence-electron chi connectivity index (χ2n) is 7.15. The van der Waals surface area contributed by atoms with Crippen LogP contribution in [-0.4, -0.2) is 42.3 Å². The minimum Gasteiger partial charge on any atom is -0.345 e. The lowest BCUT2D eigenvalue weighted by Gasteiger charge is -2.13. The third kappa shape index (κ3) is 4.56. The summed E-state index contributed by atoms with van der Waals surface area (Å²) >= 11 is 0. The zero-order chi connectivity index (χ0) is 23.4. The van der Waals surface area contributed by atoms with Crippen molar-refractivity contribution in [1.29, 1.82) is 0 Å². The molecule has 0 aliphatic rings. The minimum atomic E-state index is -0.576. The molecule has 4 aromatic rings. The number of rotatable bonds is 7. The summed E-state index contributed by atoms with van der Waals surface area (Å²) in [4.78, 5) is 53.8. The fraction of sp³-hybridized carbons (Fsp3) is 0.182. The minimum absolute atomic E-state index is 0.183. The first kappa shape index (κ1) is 21.7. The molecule has 0 saturated carbocycles. The van der Waals surface area contributed by atoms with Gasteiger partial charge in [-0.3, -0.25) is 23.5 Å². The Morgan fingerprint density at radius 1 is 0.970 bits per heavy atom. The largest absolute Gasteiger partial charge is 0.345 e. The van der Waals surface area contributed by atoms with E-state index in [-0.39, 0.29) is 19.6 Å². The second-order valence-corrected chi connectivity index (χ2v) is 7.15. The quantitative estimate of drug-likeness (QED) is 0.424. The smallest absolute Gasteiger partial charge is 0.331 e. The number of carbonyl (C=O) groups excluding carboxylic acids is 2. The molecule has 168 valence electrons. The van der Waals surface area contributed by atoms with E-state index >= 15 is 0 Å². The number of para-hydroxylation sites is 1. The summed E-state index contributed by atoms with van der Waals surface area (Å²) in [6, 6.07) is 13.5. The number of nitrogens with one attached hydrogen (secondary N) is 2. The zero-order valence-electron chi connectivity index (χ0n) is 17.8. The van der Waals surface area contributed by atoms with Crippen molar-refractivity contribution in [3.05, 3.63) is 82.0 Å². The first-order valence-electron chi connectivity index (χ1n) is 10.2. The lowest BCUT2D eigenvalue weighted by molar-refractivity contribution is -0.124. The highest BCUT2D eigenvalue weighted by molar-refractivity contribution is 5.94. The Balaban J connectivity index is 1.41. The molecule has 0 spiro atoms. The maximum Gasteiger partial charge on any atom is 0.331 e. The van der Waals surface area contributed by atoms with Gasteiger partial charge in [0.05, 0.1) is 23.1 Å². The van der Waals surface area contributed by atoms with Gasteiger partial charge < -0.3 is 10.6 Å². The van der Waals surface area contributed by atoms with Crippen molar-refractivity contribution >= 4 is 28.4 Å². The summed E-state index contributed by atoms with van der Waals surface area (Å²) in [6.07, 6.45) is 2.98. The van der Waals surface area contributed by atoms with Crippen molar-refractivity contribution in [3.8, 4) is 5.69 Å². The number of carbonyl (C=O) groups is 2. The van der Waals surface area contributed by atoms with E-state index in [2.05, 4.69) is 20.7 Å². The van der Waals surface area contributed by atoms with Crippen LogP contribution in [0.1, 0.15) is 6.92 Å². The SMILES string of the molecule is CCn1c(=O)c2ccccc2n(CC(=O)NCC(=O)Nc2ccc(-n3cncn3)cc2)c1=O. The maximum absolute atomic E-state index is 12.7. The van der Waals surface area contributed by atoms with Gasteiger partial charge in [0.15, 0.2) is 0 Å². The van der Waals surface area contributed by atoms with Crippen LogP contribution in [0.3, 0.4) is 0 Å². The van der Waals surface area contributed by atoms with E-state index in [1.54, 1.807) is 66.5 Å². The van der Waals surface area contributed by atoms with E-state index in [1.807, 2.05) is 0 Å². The van der Waals surface area contributed by atoms with Crippen LogP contribution in [0.15, 0.2) is 70.8 Å². The Morgan fingerprint density at radius 3 is 2.42 bits per heavy atom. The van der Waals surface area contributed by atoms with E-state index in [0.717, 1.165) is 10.3 Å². The number of aromatic nitrogens is 5. The van der Waals surface area contributed by atoms with Gasteiger partial charge in [-0.05, 0) is 43.3 Å². The molecule has 0 atom stereocenters. The molecule has 0 unspecified atom stereocenters. The Bertz CT molecular complexity index is 1420. The highest BCUT2D eigenvalue weighted by Crippen LogP contribution is 2.12. The molecule has 0 fully saturated rings. The predicted octanol–water partition coefficient (Wildman–Crippen LogP) is 0.519. The summed E-state index contributed by atoms with van der Waals surface area (Å²) in [5.74, 6) is -0.951. The monoisotopic (exact) mass is 447 g/mol. The molecular weight excluding hydrogens is 426 g/mol. The topological polar surface area (TPSA) is 133 Å². The summed E-state index contributed by atoms with van der Waals surface area (Å²) in [5, 5.41) is 9.57. The molecule has 33 heavy (non-hydrogen) atoms. The van der Waals surface area contributed by atoms with Crippen LogP contribution in [0.2, 0.25) is 0 Å². The van der Waals surface area contributed by atoms with Gasteiger partial charge in [-0.15, -0.1) is 0 Å².